The first-order chi connectivity index (χ1) is 16.9. The van der Waals surface area contributed by atoms with Crippen LogP contribution in [0.25, 0.3) is 21.9 Å². The number of nitrogens with two attached hydrogens (primary N) is 3. The third kappa shape index (κ3) is 5.41. The first-order valence-electron chi connectivity index (χ1n) is 11.8. The van der Waals surface area contributed by atoms with Crippen molar-refractivity contribution in [1.82, 2.24) is 19.9 Å². The number of nitrogens with one attached hydrogen (secondary N) is 1. The Labute approximate surface area is 203 Å². The van der Waals surface area contributed by atoms with Crippen molar-refractivity contribution in [2.75, 3.05) is 5.73 Å². The minimum atomic E-state index is -0.945. The smallest absolute Gasteiger partial charge is 0.237 e. The molecule has 2 heterocycles. The Balaban J connectivity index is 1.59. The first-order valence-corrected chi connectivity index (χ1v) is 11.8. The standard InChI is InChI=1S/C26H31N7O2/c1-2-3-8-22-32-23-24(18-6-4-5-7-20(18)31-25(23)29)33(22)15-17-11-9-16(10-12-17)14-30-26(35)19(27)13-21(28)34/h4-7,9-12,19H,2-3,8,13-15,27H2,1H3,(H2,28,34)(H2,29,31)(H,30,35). The molecule has 0 aliphatic carbocycles. The van der Waals surface area contributed by atoms with Crippen LogP contribution < -0.4 is 22.5 Å². The molecule has 7 N–H and O–H groups in total. The summed E-state index contributed by atoms with van der Waals surface area (Å²) < 4.78 is 2.24. The van der Waals surface area contributed by atoms with Gasteiger partial charge in [-0.05, 0) is 23.6 Å². The number of aryl methyl sites for hydroxylation is 1. The highest BCUT2D eigenvalue weighted by molar-refractivity contribution is 6.06. The fourth-order valence-electron chi connectivity index (χ4n) is 4.18. The van der Waals surface area contributed by atoms with E-state index in [0.29, 0.717) is 18.9 Å². The lowest BCUT2D eigenvalue weighted by Gasteiger charge is -2.13. The highest BCUT2D eigenvalue weighted by atomic mass is 16.2. The molecule has 0 bridgehead atoms. The van der Waals surface area contributed by atoms with Gasteiger partial charge >= 0.3 is 0 Å². The van der Waals surface area contributed by atoms with E-state index in [9.17, 15) is 9.59 Å². The second-order valence-corrected chi connectivity index (χ2v) is 8.74. The maximum Gasteiger partial charge on any atom is 0.237 e. The van der Waals surface area contributed by atoms with Gasteiger partial charge in [0.2, 0.25) is 11.8 Å². The molecule has 2 amide bonds. The van der Waals surface area contributed by atoms with Crippen molar-refractivity contribution >= 4 is 39.6 Å². The number of unbranched alkanes of at least 4 members (excludes halogenated alkanes) is 1. The van der Waals surface area contributed by atoms with Crippen molar-refractivity contribution in [3.63, 3.8) is 0 Å². The van der Waals surface area contributed by atoms with Crippen LogP contribution in [0.1, 0.15) is 43.1 Å². The van der Waals surface area contributed by atoms with Crippen LogP contribution in [0.3, 0.4) is 0 Å². The van der Waals surface area contributed by atoms with E-state index in [1.807, 2.05) is 42.5 Å². The monoisotopic (exact) mass is 473 g/mol. The molecule has 0 aliphatic heterocycles. The van der Waals surface area contributed by atoms with Crippen LogP contribution >= 0.6 is 0 Å². The summed E-state index contributed by atoms with van der Waals surface area (Å²) in [6.45, 7) is 3.11. The predicted octanol–water partition coefficient (Wildman–Crippen LogP) is 2.38. The van der Waals surface area contributed by atoms with Crippen LogP contribution in [0.4, 0.5) is 5.82 Å². The van der Waals surface area contributed by atoms with E-state index in [1.165, 1.54) is 0 Å². The topological polar surface area (TPSA) is 155 Å². The number of hydrogen-bond acceptors (Lipinski definition) is 6. The maximum absolute atomic E-state index is 12.0. The molecule has 9 nitrogen and oxygen atoms in total. The molecule has 0 saturated heterocycles. The number of imidazole rings is 1. The molecule has 9 heteroatoms. The summed E-state index contributed by atoms with van der Waals surface area (Å²) in [6.07, 6.45) is 2.78. The molecular weight excluding hydrogens is 442 g/mol. The minimum Gasteiger partial charge on any atom is -0.382 e. The average molecular weight is 474 g/mol. The molecular formula is C26H31N7O2. The van der Waals surface area contributed by atoms with Crippen molar-refractivity contribution in [2.24, 2.45) is 11.5 Å². The largest absolute Gasteiger partial charge is 0.382 e. The summed E-state index contributed by atoms with van der Waals surface area (Å²) in [5, 5.41) is 3.77. The normalized spacial score (nSPS) is 12.2. The Bertz CT molecular complexity index is 1360. The lowest BCUT2D eigenvalue weighted by molar-refractivity contribution is -0.126. The number of benzene rings is 2. The third-order valence-electron chi connectivity index (χ3n) is 6.03. The number of amides is 2. The number of carbonyl (C=O) groups is 2. The van der Waals surface area contributed by atoms with E-state index >= 15 is 0 Å². The number of fused-ring (bicyclic) bond motifs is 3. The Morgan fingerprint density at radius 2 is 1.77 bits per heavy atom. The third-order valence-corrected chi connectivity index (χ3v) is 6.03. The summed E-state index contributed by atoms with van der Waals surface area (Å²) in [5.74, 6) is 0.423. The minimum absolute atomic E-state index is 0.182. The lowest BCUT2D eigenvalue weighted by atomic mass is 10.1. The number of aromatic nitrogens is 3. The molecule has 0 radical (unpaired) electrons. The van der Waals surface area contributed by atoms with Crippen LogP contribution in [-0.4, -0.2) is 32.4 Å². The summed E-state index contributed by atoms with van der Waals surface area (Å²) in [5.41, 5.74) is 21.7. The van der Waals surface area contributed by atoms with Gasteiger partial charge in [-0.15, -0.1) is 0 Å². The molecule has 2 aromatic heterocycles. The molecule has 0 spiro atoms. The fraction of sp³-hybridized carbons (Fsp3) is 0.308. The second kappa shape index (κ2) is 10.5. The molecule has 0 fully saturated rings. The zero-order valence-corrected chi connectivity index (χ0v) is 19.8. The Kier molecular flexibility index (Phi) is 7.26. The van der Waals surface area contributed by atoms with Crippen LogP contribution in [0, 0.1) is 0 Å². The molecule has 0 aliphatic rings. The van der Waals surface area contributed by atoms with Gasteiger partial charge in [0.1, 0.15) is 11.3 Å². The molecule has 182 valence electrons. The zero-order valence-electron chi connectivity index (χ0n) is 19.8. The highest BCUT2D eigenvalue weighted by Crippen LogP contribution is 2.30. The summed E-state index contributed by atoms with van der Waals surface area (Å²) >= 11 is 0. The van der Waals surface area contributed by atoms with Crippen LogP contribution in [0.5, 0.6) is 0 Å². The SMILES string of the molecule is CCCCc1nc2c(N)nc3ccccc3c2n1Cc1ccc(CNC(=O)C(N)CC(N)=O)cc1. The van der Waals surface area contributed by atoms with Gasteiger partial charge in [0, 0.05) is 24.9 Å². The highest BCUT2D eigenvalue weighted by Gasteiger charge is 2.18. The molecule has 4 rings (SSSR count). The molecule has 4 aromatic rings. The first kappa shape index (κ1) is 24.2. The van der Waals surface area contributed by atoms with Crippen molar-refractivity contribution in [2.45, 2.75) is 51.7 Å². The Hall–Kier alpha value is -3.98. The number of para-hydroxylation sites is 1. The van der Waals surface area contributed by atoms with E-state index in [-0.39, 0.29) is 6.42 Å². The van der Waals surface area contributed by atoms with Gasteiger partial charge < -0.3 is 27.1 Å². The van der Waals surface area contributed by atoms with Gasteiger partial charge in [0.05, 0.1) is 23.5 Å². The number of pyridine rings is 1. The van der Waals surface area contributed by atoms with Crippen LogP contribution in [0.2, 0.25) is 0 Å². The predicted molar refractivity (Wildman–Crippen MR) is 137 cm³/mol. The van der Waals surface area contributed by atoms with Crippen LogP contribution in [-0.2, 0) is 29.1 Å². The van der Waals surface area contributed by atoms with E-state index in [0.717, 1.165) is 58.2 Å². The van der Waals surface area contributed by atoms with E-state index in [1.54, 1.807) is 0 Å². The number of primary amides is 1. The van der Waals surface area contributed by atoms with Crippen molar-refractivity contribution in [3.8, 4) is 0 Å². The van der Waals surface area contributed by atoms with Gasteiger partial charge in [0.15, 0.2) is 5.82 Å². The number of carbonyl (C=O) groups excluding carboxylic acids is 2. The van der Waals surface area contributed by atoms with Gasteiger partial charge in [-0.2, -0.15) is 0 Å². The van der Waals surface area contributed by atoms with Gasteiger partial charge in [0.25, 0.3) is 0 Å². The number of nitrogen functional groups attached to an aromatic ring is 1. The van der Waals surface area contributed by atoms with E-state index < -0.39 is 17.9 Å². The zero-order chi connectivity index (χ0) is 24.9. The molecule has 35 heavy (non-hydrogen) atoms. The quantitative estimate of drug-likeness (QED) is 0.277. The second-order valence-electron chi connectivity index (χ2n) is 8.74. The maximum atomic E-state index is 12.0. The summed E-state index contributed by atoms with van der Waals surface area (Å²) in [7, 11) is 0. The molecule has 2 aromatic carbocycles. The number of anilines is 1. The van der Waals surface area contributed by atoms with E-state index in [4.69, 9.17) is 22.2 Å². The average Bonchev–Trinajstić information content (AvgIpc) is 3.20. The summed E-state index contributed by atoms with van der Waals surface area (Å²) in [6, 6.07) is 15.0. The number of nitrogens with zero attached hydrogens (tertiary/aromatic N) is 3. The fourth-order valence-corrected chi connectivity index (χ4v) is 4.18. The number of hydrogen-bond donors (Lipinski definition) is 4. The summed E-state index contributed by atoms with van der Waals surface area (Å²) in [4.78, 5) is 32.4. The van der Waals surface area contributed by atoms with Crippen molar-refractivity contribution < 1.29 is 9.59 Å². The van der Waals surface area contributed by atoms with Gasteiger partial charge in [-0.25, -0.2) is 9.97 Å². The number of rotatable bonds is 10. The van der Waals surface area contributed by atoms with Gasteiger partial charge in [-0.3, -0.25) is 9.59 Å². The Morgan fingerprint density at radius 3 is 2.49 bits per heavy atom. The van der Waals surface area contributed by atoms with Gasteiger partial charge in [-0.1, -0.05) is 55.8 Å². The molecule has 1 atom stereocenters. The molecule has 0 saturated carbocycles. The lowest BCUT2D eigenvalue weighted by Crippen LogP contribution is -2.42. The van der Waals surface area contributed by atoms with Crippen molar-refractivity contribution in [3.05, 3.63) is 65.5 Å². The van der Waals surface area contributed by atoms with Crippen molar-refractivity contribution in [1.29, 1.82) is 0 Å². The van der Waals surface area contributed by atoms with Crippen LogP contribution in [0.15, 0.2) is 48.5 Å². The van der Waals surface area contributed by atoms with E-state index in [2.05, 4.69) is 27.9 Å². The Morgan fingerprint density at radius 1 is 1.06 bits per heavy atom. The molecule has 1 unspecified atom stereocenters.